The number of nitrogens with zero attached hydrogens (tertiary/aromatic N) is 1. The van der Waals surface area contributed by atoms with Crippen molar-refractivity contribution in [2.75, 3.05) is 7.05 Å². The maximum Gasteiger partial charge on any atom is 0.0900 e. The molecule has 15 heavy (non-hydrogen) atoms. The average Bonchev–Trinajstić information content (AvgIpc) is 2.44. The molecular formula is C12H15BrN2. The van der Waals surface area contributed by atoms with Gasteiger partial charge in [0.15, 0.2) is 0 Å². The van der Waals surface area contributed by atoms with Gasteiger partial charge in [0.05, 0.1) is 4.60 Å². The van der Waals surface area contributed by atoms with Crippen molar-refractivity contribution in [1.29, 1.82) is 0 Å². The normalized spacial score (nSPS) is 11.2. The van der Waals surface area contributed by atoms with Gasteiger partial charge in [-0.15, -0.1) is 0 Å². The molecule has 0 saturated carbocycles. The van der Waals surface area contributed by atoms with Gasteiger partial charge in [-0.3, -0.25) is 0 Å². The molecule has 0 aliphatic heterocycles. The summed E-state index contributed by atoms with van der Waals surface area (Å²) in [6.07, 6.45) is 0. The summed E-state index contributed by atoms with van der Waals surface area (Å²) in [5, 5.41) is 4.53. The first-order chi connectivity index (χ1) is 7.15. The van der Waals surface area contributed by atoms with Crippen LogP contribution in [0.3, 0.4) is 0 Å². The second kappa shape index (κ2) is 3.99. The van der Waals surface area contributed by atoms with Crippen molar-refractivity contribution >= 4 is 26.8 Å². The highest BCUT2D eigenvalue weighted by molar-refractivity contribution is 9.10. The van der Waals surface area contributed by atoms with E-state index in [0.29, 0.717) is 0 Å². The minimum Gasteiger partial charge on any atom is -0.338 e. The molecule has 0 unspecified atom stereocenters. The smallest absolute Gasteiger partial charge is 0.0900 e. The summed E-state index contributed by atoms with van der Waals surface area (Å²) in [6.45, 7) is 3.01. The van der Waals surface area contributed by atoms with Crippen LogP contribution in [0.2, 0.25) is 0 Å². The summed E-state index contributed by atoms with van der Waals surface area (Å²) in [5.74, 6) is 0. The van der Waals surface area contributed by atoms with Gasteiger partial charge in [0.25, 0.3) is 0 Å². The molecular weight excluding hydrogens is 252 g/mol. The molecule has 2 rings (SSSR count). The fourth-order valence-corrected chi connectivity index (χ4v) is 2.48. The van der Waals surface area contributed by atoms with E-state index < -0.39 is 0 Å². The Bertz CT molecular complexity index is 500. The van der Waals surface area contributed by atoms with Gasteiger partial charge in [-0.2, -0.15) is 0 Å². The molecule has 0 bridgehead atoms. The second-order valence-corrected chi connectivity index (χ2v) is 4.63. The van der Waals surface area contributed by atoms with Crippen LogP contribution in [-0.2, 0) is 13.6 Å². The van der Waals surface area contributed by atoms with Gasteiger partial charge in [0.1, 0.15) is 0 Å². The van der Waals surface area contributed by atoms with Crippen LogP contribution < -0.4 is 5.32 Å². The zero-order chi connectivity index (χ0) is 11.0. The Morgan fingerprint density at radius 1 is 1.40 bits per heavy atom. The summed E-state index contributed by atoms with van der Waals surface area (Å²) in [5.41, 5.74) is 3.91. The molecule has 0 saturated heterocycles. The minimum absolute atomic E-state index is 0.890. The van der Waals surface area contributed by atoms with E-state index in [1.54, 1.807) is 0 Å². The topological polar surface area (TPSA) is 17.0 Å². The summed E-state index contributed by atoms with van der Waals surface area (Å²) >= 11 is 3.64. The minimum atomic E-state index is 0.890. The first-order valence-corrected chi connectivity index (χ1v) is 5.82. The standard InChI is InChI=1S/C12H15BrN2/c1-8-4-5-9-10(7-14-2)12(13)15(3)11(9)6-8/h4-6,14H,7H2,1-3H3. The molecule has 0 aliphatic carbocycles. The highest BCUT2D eigenvalue weighted by Crippen LogP contribution is 2.29. The summed E-state index contributed by atoms with van der Waals surface area (Å²) < 4.78 is 3.35. The highest BCUT2D eigenvalue weighted by atomic mass is 79.9. The van der Waals surface area contributed by atoms with E-state index in [1.807, 2.05) is 7.05 Å². The Kier molecular flexibility index (Phi) is 2.85. The van der Waals surface area contributed by atoms with E-state index in [0.717, 1.165) is 11.1 Å². The van der Waals surface area contributed by atoms with Crippen molar-refractivity contribution in [3.8, 4) is 0 Å². The van der Waals surface area contributed by atoms with Crippen LogP contribution >= 0.6 is 15.9 Å². The van der Waals surface area contributed by atoms with Gasteiger partial charge >= 0.3 is 0 Å². The first kappa shape index (κ1) is 10.7. The van der Waals surface area contributed by atoms with E-state index in [2.05, 4.69) is 58.0 Å². The van der Waals surface area contributed by atoms with Crippen molar-refractivity contribution in [3.05, 3.63) is 33.9 Å². The lowest BCUT2D eigenvalue weighted by Gasteiger charge is -1.98. The van der Waals surface area contributed by atoms with Crippen molar-refractivity contribution in [2.24, 2.45) is 7.05 Å². The second-order valence-electron chi connectivity index (χ2n) is 3.88. The molecule has 2 aromatic rings. The van der Waals surface area contributed by atoms with E-state index in [4.69, 9.17) is 0 Å². The van der Waals surface area contributed by atoms with Crippen LogP contribution in [0.25, 0.3) is 10.9 Å². The molecule has 0 atom stereocenters. The number of benzene rings is 1. The van der Waals surface area contributed by atoms with E-state index in [9.17, 15) is 0 Å². The largest absolute Gasteiger partial charge is 0.338 e. The predicted molar refractivity (Wildman–Crippen MR) is 68.1 cm³/mol. The Hall–Kier alpha value is -0.800. The number of nitrogens with one attached hydrogen (secondary N) is 1. The van der Waals surface area contributed by atoms with Gasteiger partial charge in [0, 0.05) is 30.1 Å². The molecule has 1 N–H and O–H groups in total. The zero-order valence-corrected chi connectivity index (χ0v) is 10.9. The van der Waals surface area contributed by atoms with Gasteiger partial charge in [-0.25, -0.2) is 0 Å². The summed E-state index contributed by atoms with van der Waals surface area (Å²) in [4.78, 5) is 0. The van der Waals surface area contributed by atoms with E-state index in [-0.39, 0.29) is 0 Å². The van der Waals surface area contributed by atoms with Crippen LogP contribution in [0.5, 0.6) is 0 Å². The van der Waals surface area contributed by atoms with Crippen molar-refractivity contribution < 1.29 is 0 Å². The zero-order valence-electron chi connectivity index (χ0n) is 9.26. The number of hydrogen-bond acceptors (Lipinski definition) is 1. The summed E-state index contributed by atoms with van der Waals surface area (Å²) in [7, 11) is 4.06. The van der Waals surface area contributed by atoms with Gasteiger partial charge in [0.2, 0.25) is 0 Å². The molecule has 1 aromatic carbocycles. The molecule has 0 fully saturated rings. The highest BCUT2D eigenvalue weighted by Gasteiger charge is 2.11. The lowest BCUT2D eigenvalue weighted by Crippen LogP contribution is -2.05. The van der Waals surface area contributed by atoms with E-state index in [1.165, 1.54) is 22.0 Å². The lowest BCUT2D eigenvalue weighted by atomic mass is 10.1. The first-order valence-electron chi connectivity index (χ1n) is 5.03. The summed E-state index contributed by atoms with van der Waals surface area (Å²) in [6, 6.07) is 6.58. The number of aromatic nitrogens is 1. The third-order valence-electron chi connectivity index (χ3n) is 2.74. The molecule has 0 radical (unpaired) electrons. The number of fused-ring (bicyclic) bond motifs is 1. The van der Waals surface area contributed by atoms with Crippen LogP contribution in [0, 0.1) is 6.92 Å². The van der Waals surface area contributed by atoms with Crippen LogP contribution in [0.1, 0.15) is 11.1 Å². The van der Waals surface area contributed by atoms with Crippen molar-refractivity contribution in [3.63, 3.8) is 0 Å². The Balaban J connectivity index is 2.75. The molecule has 1 aromatic heterocycles. The fraction of sp³-hybridized carbons (Fsp3) is 0.333. The monoisotopic (exact) mass is 266 g/mol. The SMILES string of the molecule is CNCc1c(Br)n(C)c2cc(C)ccc12. The average molecular weight is 267 g/mol. The molecule has 2 nitrogen and oxygen atoms in total. The fourth-order valence-electron chi connectivity index (χ4n) is 1.94. The van der Waals surface area contributed by atoms with Crippen LogP contribution in [0.4, 0.5) is 0 Å². The predicted octanol–water partition coefficient (Wildman–Crippen LogP) is 2.97. The Labute approximate surface area is 98.4 Å². The Morgan fingerprint density at radius 3 is 2.80 bits per heavy atom. The van der Waals surface area contributed by atoms with E-state index >= 15 is 0 Å². The molecule has 0 spiro atoms. The van der Waals surface area contributed by atoms with Crippen molar-refractivity contribution in [1.82, 2.24) is 9.88 Å². The van der Waals surface area contributed by atoms with Crippen LogP contribution in [0.15, 0.2) is 22.8 Å². The Morgan fingerprint density at radius 2 is 2.13 bits per heavy atom. The van der Waals surface area contributed by atoms with Gasteiger partial charge < -0.3 is 9.88 Å². The number of hydrogen-bond donors (Lipinski definition) is 1. The van der Waals surface area contributed by atoms with Gasteiger partial charge in [-0.1, -0.05) is 12.1 Å². The van der Waals surface area contributed by atoms with Crippen molar-refractivity contribution in [2.45, 2.75) is 13.5 Å². The number of halogens is 1. The molecule has 1 heterocycles. The molecule has 0 amide bonds. The molecule has 3 heteroatoms. The maximum atomic E-state index is 3.64. The third-order valence-corrected chi connectivity index (χ3v) is 3.75. The lowest BCUT2D eigenvalue weighted by molar-refractivity contribution is 0.807. The molecule has 0 aliphatic rings. The molecule has 80 valence electrons. The quantitative estimate of drug-likeness (QED) is 0.885. The number of rotatable bonds is 2. The van der Waals surface area contributed by atoms with Gasteiger partial charge in [-0.05, 0) is 41.5 Å². The number of aryl methyl sites for hydroxylation is 2. The maximum absolute atomic E-state index is 3.64. The van der Waals surface area contributed by atoms with Crippen LogP contribution in [-0.4, -0.2) is 11.6 Å². The third kappa shape index (κ3) is 1.70.